The minimum Gasteiger partial charge on any atom is -0.456 e. The van der Waals surface area contributed by atoms with E-state index in [4.69, 9.17) is 4.42 Å². The molecule has 0 atom stereocenters. The van der Waals surface area contributed by atoms with E-state index in [0.29, 0.717) is 0 Å². The Balaban J connectivity index is 1.08. The Morgan fingerprint density at radius 2 is 0.842 bits per heavy atom. The topological polar surface area (TPSA) is 21.3 Å². The summed E-state index contributed by atoms with van der Waals surface area (Å²) in [6.45, 7) is 0. The Labute approximate surface area is 328 Å². The smallest absolute Gasteiger partial charge is 0.136 e. The molecule has 0 aliphatic heterocycles. The summed E-state index contributed by atoms with van der Waals surface area (Å²) in [5.74, 6) is 0. The number of hydrogen-bond donors (Lipinski definition) is 0. The predicted octanol–water partition coefficient (Wildman–Crippen LogP) is 15.3. The zero-order valence-corrected chi connectivity index (χ0v) is 30.9. The van der Waals surface area contributed by atoms with Crippen LogP contribution in [0.15, 0.2) is 211 Å². The van der Waals surface area contributed by atoms with E-state index in [2.05, 4.69) is 204 Å². The molecule has 0 spiro atoms. The molecular weight excluding hydrogens is 693 g/mol. The van der Waals surface area contributed by atoms with Crippen LogP contribution in [0.3, 0.4) is 0 Å². The Morgan fingerprint density at radius 1 is 0.333 bits per heavy atom. The molecule has 12 aromatic rings. The molecule has 266 valence electrons. The first-order valence-electron chi connectivity index (χ1n) is 19.5. The first-order chi connectivity index (χ1) is 28.3. The van der Waals surface area contributed by atoms with Gasteiger partial charge in [0, 0.05) is 44.3 Å². The van der Waals surface area contributed by atoms with E-state index in [1.807, 2.05) is 12.1 Å². The van der Waals surface area contributed by atoms with E-state index in [1.54, 1.807) is 0 Å². The van der Waals surface area contributed by atoms with Gasteiger partial charge in [-0.15, -0.1) is 0 Å². The van der Waals surface area contributed by atoms with Crippen molar-refractivity contribution in [3.05, 3.63) is 206 Å². The van der Waals surface area contributed by atoms with Crippen LogP contribution >= 0.6 is 0 Å². The van der Waals surface area contributed by atoms with Crippen molar-refractivity contribution in [3.8, 4) is 16.8 Å². The van der Waals surface area contributed by atoms with E-state index < -0.39 is 0 Å². The van der Waals surface area contributed by atoms with Crippen LogP contribution in [0.1, 0.15) is 0 Å². The maximum atomic E-state index is 6.27. The molecule has 3 heteroatoms. The van der Waals surface area contributed by atoms with E-state index >= 15 is 0 Å². The molecule has 10 aromatic carbocycles. The summed E-state index contributed by atoms with van der Waals surface area (Å²) < 4.78 is 8.66. The van der Waals surface area contributed by atoms with E-state index in [1.165, 1.54) is 54.1 Å². The van der Waals surface area contributed by atoms with Crippen LogP contribution in [0.2, 0.25) is 0 Å². The molecule has 2 aromatic heterocycles. The molecule has 0 unspecified atom stereocenters. The average molecular weight is 727 g/mol. The first kappa shape index (κ1) is 31.7. The van der Waals surface area contributed by atoms with Gasteiger partial charge in [0.25, 0.3) is 0 Å². The Morgan fingerprint density at radius 3 is 1.53 bits per heavy atom. The first-order valence-corrected chi connectivity index (χ1v) is 19.5. The number of hydrogen-bond acceptors (Lipinski definition) is 2. The van der Waals surface area contributed by atoms with Crippen molar-refractivity contribution in [3.63, 3.8) is 0 Å². The number of fused-ring (bicyclic) bond motifs is 12. The molecule has 57 heavy (non-hydrogen) atoms. The van der Waals surface area contributed by atoms with Gasteiger partial charge in [0.1, 0.15) is 11.2 Å². The second-order valence-electron chi connectivity index (χ2n) is 14.9. The van der Waals surface area contributed by atoms with E-state index in [-0.39, 0.29) is 0 Å². The second-order valence-corrected chi connectivity index (χ2v) is 14.9. The molecule has 0 radical (unpaired) electrons. The van der Waals surface area contributed by atoms with Crippen molar-refractivity contribution in [2.45, 2.75) is 0 Å². The third kappa shape index (κ3) is 4.86. The molecule has 0 aliphatic carbocycles. The van der Waals surface area contributed by atoms with Gasteiger partial charge < -0.3 is 13.9 Å². The number of para-hydroxylation sites is 3. The van der Waals surface area contributed by atoms with Gasteiger partial charge in [-0.1, -0.05) is 140 Å². The number of benzene rings is 10. The lowest BCUT2D eigenvalue weighted by Crippen LogP contribution is -2.10. The van der Waals surface area contributed by atoms with E-state index in [0.717, 1.165) is 55.8 Å². The van der Waals surface area contributed by atoms with Gasteiger partial charge in [-0.2, -0.15) is 0 Å². The van der Waals surface area contributed by atoms with Crippen LogP contribution in [0, 0.1) is 0 Å². The van der Waals surface area contributed by atoms with Crippen LogP contribution in [-0.2, 0) is 0 Å². The molecule has 0 N–H and O–H groups in total. The highest BCUT2D eigenvalue weighted by molar-refractivity contribution is 6.26. The van der Waals surface area contributed by atoms with Crippen molar-refractivity contribution < 1.29 is 4.42 Å². The summed E-state index contributed by atoms with van der Waals surface area (Å²) in [6, 6.07) is 74.6. The lowest BCUT2D eigenvalue weighted by Gasteiger charge is -2.27. The molecule has 0 fully saturated rings. The third-order valence-electron chi connectivity index (χ3n) is 11.8. The largest absolute Gasteiger partial charge is 0.456 e. The molecule has 0 aliphatic rings. The van der Waals surface area contributed by atoms with Gasteiger partial charge >= 0.3 is 0 Å². The Kier molecular flexibility index (Phi) is 6.93. The zero-order valence-electron chi connectivity index (χ0n) is 30.9. The minimum absolute atomic E-state index is 0.900. The molecule has 0 bridgehead atoms. The third-order valence-corrected chi connectivity index (χ3v) is 11.8. The quantitative estimate of drug-likeness (QED) is 0.165. The van der Waals surface area contributed by atoms with Crippen LogP contribution in [-0.4, -0.2) is 4.57 Å². The van der Waals surface area contributed by atoms with Crippen molar-refractivity contribution in [1.29, 1.82) is 0 Å². The van der Waals surface area contributed by atoms with Gasteiger partial charge in [-0.25, -0.2) is 0 Å². The summed E-state index contributed by atoms with van der Waals surface area (Å²) in [5, 5.41) is 12.3. The lowest BCUT2D eigenvalue weighted by atomic mass is 9.94. The van der Waals surface area contributed by atoms with Crippen molar-refractivity contribution >= 4 is 93.1 Å². The van der Waals surface area contributed by atoms with Crippen molar-refractivity contribution in [2.24, 2.45) is 0 Å². The summed E-state index contributed by atoms with van der Waals surface area (Å²) >= 11 is 0. The fourth-order valence-corrected chi connectivity index (χ4v) is 9.26. The summed E-state index contributed by atoms with van der Waals surface area (Å²) in [5.41, 5.74) is 10.9. The van der Waals surface area contributed by atoms with Crippen LogP contribution in [0.25, 0.3) is 92.9 Å². The van der Waals surface area contributed by atoms with Crippen molar-refractivity contribution in [1.82, 2.24) is 4.57 Å². The highest BCUT2D eigenvalue weighted by Crippen LogP contribution is 2.43. The number of rotatable bonds is 5. The maximum absolute atomic E-state index is 6.27. The summed E-state index contributed by atoms with van der Waals surface area (Å²) in [4.78, 5) is 2.40. The standard InChI is InChI=1S/C54H34N2O/c1-2-17-43-41(15-1)42-16-3-4-18-44(42)49-34-39(31-32-45(43)49)55(36-29-27-35(28-30-36)40-22-12-26-53-54(40)48-21-7-10-25-52(48)57-53)37-13-11-14-38(33-37)56-50-23-8-5-19-46(50)47-20-6-9-24-51(47)56/h1-34H. The number of aromatic nitrogens is 1. The van der Waals surface area contributed by atoms with Gasteiger partial charge in [-0.05, 0) is 110 Å². The SMILES string of the molecule is c1cc(N(c2ccc(-c3cccc4oc5ccccc5c34)cc2)c2ccc3c4ccccc4c4ccccc4c3c2)cc(-n2c3ccccc3c3ccccc32)c1. The lowest BCUT2D eigenvalue weighted by molar-refractivity contribution is 0.669. The van der Waals surface area contributed by atoms with Gasteiger partial charge in [-0.3, -0.25) is 0 Å². The highest BCUT2D eigenvalue weighted by Gasteiger charge is 2.19. The predicted molar refractivity (Wildman–Crippen MR) is 241 cm³/mol. The summed E-state index contributed by atoms with van der Waals surface area (Å²) in [6.07, 6.45) is 0. The molecule has 2 heterocycles. The van der Waals surface area contributed by atoms with Crippen LogP contribution in [0.5, 0.6) is 0 Å². The number of anilines is 3. The second kappa shape index (κ2) is 12.5. The Bertz CT molecular complexity index is 3450. The Hall–Kier alpha value is -7.62. The van der Waals surface area contributed by atoms with Gasteiger partial charge in [0.15, 0.2) is 0 Å². The molecule has 0 amide bonds. The molecule has 0 saturated carbocycles. The normalized spacial score (nSPS) is 11.9. The van der Waals surface area contributed by atoms with Crippen molar-refractivity contribution in [2.75, 3.05) is 4.90 Å². The van der Waals surface area contributed by atoms with Crippen LogP contribution in [0.4, 0.5) is 17.1 Å². The number of nitrogens with zero attached hydrogens (tertiary/aromatic N) is 2. The minimum atomic E-state index is 0.900. The monoisotopic (exact) mass is 726 g/mol. The average Bonchev–Trinajstić information content (AvgIpc) is 3.83. The zero-order chi connectivity index (χ0) is 37.5. The molecule has 12 rings (SSSR count). The summed E-state index contributed by atoms with van der Waals surface area (Å²) in [7, 11) is 0. The molecular formula is C54H34N2O. The fourth-order valence-electron chi connectivity index (χ4n) is 9.26. The number of furan rings is 1. The maximum Gasteiger partial charge on any atom is 0.136 e. The van der Waals surface area contributed by atoms with Gasteiger partial charge in [0.2, 0.25) is 0 Å². The van der Waals surface area contributed by atoms with E-state index in [9.17, 15) is 0 Å². The molecule has 3 nitrogen and oxygen atoms in total. The fraction of sp³-hybridized carbons (Fsp3) is 0. The highest BCUT2D eigenvalue weighted by atomic mass is 16.3. The van der Waals surface area contributed by atoms with Gasteiger partial charge in [0.05, 0.1) is 11.0 Å². The molecule has 0 saturated heterocycles. The van der Waals surface area contributed by atoms with Crippen LogP contribution < -0.4 is 4.90 Å².